The van der Waals surface area contributed by atoms with Crippen molar-refractivity contribution in [1.29, 1.82) is 0 Å². The molecule has 2 unspecified atom stereocenters. The van der Waals surface area contributed by atoms with E-state index in [1.165, 1.54) is 0 Å². The molecule has 1 aromatic rings. The third-order valence-corrected chi connectivity index (χ3v) is 3.58. The molecule has 0 aliphatic carbocycles. The second-order valence-electron chi connectivity index (χ2n) is 5.03. The maximum Gasteiger partial charge on any atom is 0.247 e. The van der Waals surface area contributed by atoms with Crippen LogP contribution in [0.3, 0.4) is 0 Å². The third-order valence-electron chi connectivity index (χ3n) is 3.58. The van der Waals surface area contributed by atoms with Gasteiger partial charge in [-0.3, -0.25) is 9.59 Å². The summed E-state index contributed by atoms with van der Waals surface area (Å²) < 4.78 is 0. The van der Waals surface area contributed by atoms with E-state index in [2.05, 4.69) is 5.32 Å². The second kappa shape index (κ2) is 5.01. The lowest BCUT2D eigenvalue weighted by atomic mass is 9.91. The first kappa shape index (κ1) is 13.5. The van der Waals surface area contributed by atoms with E-state index in [-0.39, 0.29) is 11.8 Å². The van der Waals surface area contributed by atoms with Crippen LogP contribution in [-0.2, 0) is 15.1 Å². The lowest BCUT2D eigenvalue weighted by Crippen LogP contribution is -2.61. The molecule has 5 nitrogen and oxygen atoms in total. The number of rotatable bonds is 2. The predicted molar refractivity (Wildman–Crippen MR) is 72.2 cm³/mol. The SMILES string of the molecule is CC1C(=O)NCCN1C(=O)C(C)(N)c1ccccc1. The molecular formula is C14H19N3O2. The smallest absolute Gasteiger partial charge is 0.247 e. The second-order valence-corrected chi connectivity index (χ2v) is 5.03. The molecule has 0 radical (unpaired) electrons. The van der Waals surface area contributed by atoms with Crippen molar-refractivity contribution in [3.63, 3.8) is 0 Å². The minimum Gasteiger partial charge on any atom is -0.353 e. The topological polar surface area (TPSA) is 75.4 Å². The molecular weight excluding hydrogens is 242 g/mol. The Morgan fingerprint density at radius 1 is 1.42 bits per heavy atom. The van der Waals surface area contributed by atoms with Crippen molar-refractivity contribution in [1.82, 2.24) is 10.2 Å². The van der Waals surface area contributed by atoms with E-state index in [9.17, 15) is 9.59 Å². The van der Waals surface area contributed by atoms with Crippen molar-refractivity contribution in [3.05, 3.63) is 35.9 Å². The molecule has 0 bridgehead atoms. The lowest BCUT2D eigenvalue weighted by molar-refractivity contribution is -0.146. The predicted octanol–water partition coefficient (Wildman–Crippen LogP) is 0.207. The molecule has 1 saturated heterocycles. The van der Waals surface area contributed by atoms with Crippen molar-refractivity contribution in [3.8, 4) is 0 Å². The van der Waals surface area contributed by atoms with Gasteiger partial charge in [-0.25, -0.2) is 0 Å². The Labute approximate surface area is 112 Å². The number of nitrogens with two attached hydrogens (primary N) is 1. The highest BCUT2D eigenvalue weighted by atomic mass is 16.2. The van der Waals surface area contributed by atoms with Crippen LogP contribution in [0.1, 0.15) is 19.4 Å². The highest BCUT2D eigenvalue weighted by Gasteiger charge is 2.39. The lowest BCUT2D eigenvalue weighted by Gasteiger charge is -2.38. The van der Waals surface area contributed by atoms with Gasteiger partial charge in [0.05, 0.1) is 0 Å². The number of carbonyl (C=O) groups is 2. The van der Waals surface area contributed by atoms with Crippen LogP contribution in [0.5, 0.6) is 0 Å². The average Bonchev–Trinajstić information content (AvgIpc) is 2.42. The van der Waals surface area contributed by atoms with Crippen molar-refractivity contribution in [2.75, 3.05) is 13.1 Å². The average molecular weight is 261 g/mol. The first-order valence-electron chi connectivity index (χ1n) is 6.38. The molecule has 1 aromatic carbocycles. The first-order chi connectivity index (χ1) is 8.94. The fourth-order valence-corrected chi connectivity index (χ4v) is 2.27. The number of nitrogens with one attached hydrogen (secondary N) is 1. The Hall–Kier alpha value is -1.88. The Balaban J connectivity index is 2.25. The van der Waals surface area contributed by atoms with Gasteiger partial charge < -0.3 is 16.0 Å². The molecule has 1 fully saturated rings. The Morgan fingerprint density at radius 3 is 2.68 bits per heavy atom. The standard InChI is InChI=1S/C14H19N3O2/c1-10-12(18)16-8-9-17(10)13(19)14(2,15)11-6-4-3-5-7-11/h3-7,10H,8-9,15H2,1-2H3,(H,16,18). The summed E-state index contributed by atoms with van der Waals surface area (Å²) in [5.74, 6) is -0.357. The van der Waals surface area contributed by atoms with Gasteiger partial charge in [0.1, 0.15) is 11.6 Å². The fraction of sp³-hybridized carbons (Fsp3) is 0.429. The van der Waals surface area contributed by atoms with Crippen molar-refractivity contribution < 1.29 is 9.59 Å². The summed E-state index contributed by atoms with van der Waals surface area (Å²) in [5, 5.41) is 2.73. The maximum absolute atomic E-state index is 12.6. The number of hydrogen-bond donors (Lipinski definition) is 2. The summed E-state index contributed by atoms with van der Waals surface area (Å²) in [6, 6.07) is 8.74. The maximum atomic E-state index is 12.6. The monoisotopic (exact) mass is 261 g/mol. The fourth-order valence-electron chi connectivity index (χ4n) is 2.27. The van der Waals surface area contributed by atoms with E-state index in [1.54, 1.807) is 18.7 Å². The van der Waals surface area contributed by atoms with Crippen LogP contribution < -0.4 is 11.1 Å². The summed E-state index contributed by atoms with van der Waals surface area (Å²) in [6.45, 7) is 4.36. The summed E-state index contributed by atoms with van der Waals surface area (Å²) in [5.41, 5.74) is 5.83. The molecule has 3 N–H and O–H groups in total. The molecule has 0 saturated carbocycles. The highest BCUT2D eigenvalue weighted by molar-refractivity contribution is 5.93. The van der Waals surface area contributed by atoms with Gasteiger partial charge in [-0.15, -0.1) is 0 Å². The van der Waals surface area contributed by atoms with Crippen LogP contribution in [0.2, 0.25) is 0 Å². The Morgan fingerprint density at radius 2 is 2.05 bits per heavy atom. The van der Waals surface area contributed by atoms with Gasteiger partial charge >= 0.3 is 0 Å². The van der Waals surface area contributed by atoms with Gasteiger partial charge in [0, 0.05) is 13.1 Å². The van der Waals surface area contributed by atoms with Gasteiger partial charge in [-0.05, 0) is 19.4 Å². The normalized spacial score (nSPS) is 22.6. The van der Waals surface area contributed by atoms with Gasteiger partial charge in [0.2, 0.25) is 11.8 Å². The summed E-state index contributed by atoms with van der Waals surface area (Å²) in [4.78, 5) is 25.8. The number of piperazine rings is 1. The van der Waals surface area contributed by atoms with Crippen LogP contribution in [0.25, 0.3) is 0 Å². The Kier molecular flexibility index (Phi) is 3.57. The van der Waals surface area contributed by atoms with Crippen LogP contribution >= 0.6 is 0 Å². The van der Waals surface area contributed by atoms with Crippen LogP contribution in [-0.4, -0.2) is 35.8 Å². The Bertz CT molecular complexity index is 485. The minimum atomic E-state index is -1.12. The molecule has 2 atom stereocenters. The van der Waals surface area contributed by atoms with Crippen molar-refractivity contribution in [2.24, 2.45) is 5.73 Å². The molecule has 1 aliphatic heterocycles. The zero-order valence-electron chi connectivity index (χ0n) is 11.2. The van der Waals surface area contributed by atoms with Crippen LogP contribution in [0.4, 0.5) is 0 Å². The summed E-state index contributed by atoms with van der Waals surface area (Å²) >= 11 is 0. The summed E-state index contributed by atoms with van der Waals surface area (Å²) in [6.07, 6.45) is 0. The minimum absolute atomic E-state index is 0.136. The number of hydrogen-bond acceptors (Lipinski definition) is 3. The molecule has 1 aliphatic rings. The molecule has 1 heterocycles. The van der Waals surface area contributed by atoms with Gasteiger partial charge in [0.25, 0.3) is 0 Å². The van der Waals surface area contributed by atoms with E-state index < -0.39 is 11.6 Å². The van der Waals surface area contributed by atoms with Crippen molar-refractivity contribution >= 4 is 11.8 Å². The van der Waals surface area contributed by atoms with Crippen LogP contribution in [0, 0.1) is 0 Å². The van der Waals surface area contributed by atoms with Gasteiger partial charge in [0.15, 0.2) is 0 Å². The largest absolute Gasteiger partial charge is 0.353 e. The zero-order valence-corrected chi connectivity index (χ0v) is 11.2. The van der Waals surface area contributed by atoms with E-state index in [4.69, 9.17) is 5.73 Å². The molecule has 0 aromatic heterocycles. The van der Waals surface area contributed by atoms with Crippen molar-refractivity contribution in [2.45, 2.75) is 25.4 Å². The third kappa shape index (κ3) is 2.46. The number of amides is 2. The van der Waals surface area contributed by atoms with E-state index in [0.717, 1.165) is 5.56 Å². The molecule has 19 heavy (non-hydrogen) atoms. The van der Waals surface area contributed by atoms with E-state index in [0.29, 0.717) is 13.1 Å². The van der Waals surface area contributed by atoms with E-state index >= 15 is 0 Å². The zero-order chi connectivity index (χ0) is 14.0. The molecule has 102 valence electrons. The number of nitrogens with zero attached hydrogens (tertiary/aromatic N) is 1. The first-order valence-corrected chi connectivity index (χ1v) is 6.38. The molecule has 5 heteroatoms. The quantitative estimate of drug-likeness (QED) is 0.799. The number of benzene rings is 1. The molecule has 2 amide bonds. The van der Waals surface area contributed by atoms with E-state index in [1.807, 2.05) is 30.3 Å². The van der Waals surface area contributed by atoms with Crippen LogP contribution in [0.15, 0.2) is 30.3 Å². The number of carbonyl (C=O) groups excluding carboxylic acids is 2. The van der Waals surface area contributed by atoms with Gasteiger partial charge in [-0.2, -0.15) is 0 Å². The molecule has 2 rings (SSSR count). The van der Waals surface area contributed by atoms with Gasteiger partial charge in [-0.1, -0.05) is 30.3 Å². The summed E-state index contributed by atoms with van der Waals surface area (Å²) in [7, 11) is 0. The highest BCUT2D eigenvalue weighted by Crippen LogP contribution is 2.22. The molecule has 0 spiro atoms.